The Morgan fingerprint density at radius 1 is 1.38 bits per heavy atom. The zero-order valence-electron chi connectivity index (χ0n) is 12.0. The van der Waals surface area contributed by atoms with Gasteiger partial charge in [0.2, 0.25) is 5.13 Å². The van der Waals surface area contributed by atoms with Crippen molar-refractivity contribution in [1.29, 1.82) is 0 Å². The van der Waals surface area contributed by atoms with Gasteiger partial charge in [-0.3, -0.25) is 5.32 Å². The number of benzene rings is 1. The maximum Gasteiger partial charge on any atom is 0.323 e. The Bertz CT molecular complexity index is 613. The average Bonchev–Trinajstić information content (AvgIpc) is 2.93. The molecule has 1 atom stereocenters. The topological polar surface area (TPSA) is 58.1 Å². The number of rotatable bonds is 2. The van der Waals surface area contributed by atoms with Crippen LogP contribution < -0.4 is 5.32 Å². The zero-order valence-corrected chi connectivity index (χ0v) is 12.8. The lowest BCUT2D eigenvalue weighted by atomic mass is 9.91. The summed E-state index contributed by atoms with van der Waals surface area (Å²) in [6.45, 7) is 3.37. The molecule has 1 aliphatic rings. The largest absolute Gasteiger partial charge is 0.324 e. The van der Waals surface area contributed by atoms with Crippen molar-refractivity contribution >= 4 is 22.7 Å². The molecule has 1 aromatic carbocycles. The van der Waals surface area contributed by atoms with Gasteiger partial charge in [-0.1, -0.05) is 30.3 Å². The van der Waals surface area contributed by atoms with Crippen molar-refractivity contribution in [2.45, 2.75) is 25.7 Å². The number of likely N-dealkylation sites (tertiary alicyclic amines) is 1. The highest BCUT2D eigenvalue weighted by atomic mass is 32.1. The van der Waals surface area contributed by atoms with Crippen molar-refractivity contribution in [2.24, 2.45) is 0 Å². The summed E-state index contributed by atoms with van der Waals surface area (Å²) in [6, 6.07) is 10.3. The van der Waals surface area contributed by atoms with Gasteiger partial charge in [-0.25, -0.2) is 9.78 Å². The Morgan fingerprint density at radius 3 is 2.90 bits per heavy atom. The number of nitrogens with zero attached hydrogens (tertiary/aromatic N) is 3. The predicted octanol–water partition coefficient (Wildman–Crippen LogP) is 3.26. The average molecular weight is 302 g/mol. The molecule has 0 saturated carbocycles. The SMILES string of the molecule is Cc1nsc(NC(=O)N2CCCC(c3ccccc3)C2)n1. The molecule has 1 aromatic heterocycles. The van der Waals surface area contributed by atoms with Gasteiger partial charge in [0.15, 0.2) is 0 Å². The molecule has 0 bridgehead atoms. The second-order valence-corrected chi connectivity index (χ2v) is 6.02. The van der Waals surface area contributed by atoms with Crippen molar-refractivity contribution < 1.29 is 4.79 Å². The lowest BCUT2D eigenvalue weighted by molar-refractivity contribution is 0.193. The number of amides is 2. The number of aryl methyl sites for hydroxylation is 1. The Morgan fingerprint density at radius 2 is 2.19 bits per heavy atom. The van der Waals surface area contributed by atoms with Crippen LogP contribution in [0.15, 0.2) is 30.3 Å². The minimum absolute atomic E-state index is 0.0771. The van der Waals surface area contributed by atoms with E-state index in [0.717, 1.165) is 25.9 Å². The van der Waals surface area contributed by atoms with Crippen molar-refractivity contribution in [1.82, 2.24) is 14.3 Å². The van der Waals surface area contributed by atoms with E-state index in [4.69, 9.17) is 0 Å². The highest BCUT2D eigenvalue weighted by molar-refractivity contribution is 7.09. The van der Waals surface area contributed by atoms with Crippen molar-refractivity contribution in [3.63, 3.8) is 0 Å². The highest BCUT2D eigenvalue weighted by Gasteiger charge is 2.25. The molecule has 0 spiro atoms. The molecule has 2 aromatic rings. The number of hydrogen-bond acceptors (Lipinski definition) is 4. The van der Waals surface area contributed by atoms with Crippen LogP contribution >= 0.6 is 11.5 Å². The van der Waals surface area contributed by atoms with Crippen LogP contribution in [0.2, 0.25) is 0 Å². The standard InChI is InChI=1S/C15H18N4OS/c1-11-16-14(21-18-11)17-15(20)19-9-5-8-13(10-19)12-6-3-2-4-7-12/h2-4,6-7,13H,5,8-10H2,1H3,(H,16,17,18,20). The molecule has 1 fully saturated rings. The van der Waals surface area contributed by atoms with Crippen LogP contribution in [0.1, 0.15) is 30.1 Å². The first-order valence-electron chi connectivity index (χ1n) is 7.13. The zero-order chi connectivity index (χ0) is 14.7. The number of nitrogens with one attached hydrogen (secondary N) is 1. The molecule has 1 saturated heterocycles. The second kappa shape index (κ2) is 6.22. The molecule has 6 heteroatoms. The highest BCUT2D eigenvalue weighted by Crippen LogP contribution is 2.27. The summed E-state index contributed by atoms with van der Waals surface area (Å²) in [5.74, 6) is 1.11. The van der Waals surface area contributed by atoms with E-state index < -0.39 is 0 Å². The lowest BCUT2D eigenvalue weighted by Gasteiger charge is -2.32. The van der Waals surface area contributed by atoms with Crippen LogP contribution in [0.25, 0.3) is 0 Å². The third-order valence-electron chi connectivity index (χ3n) is 3.72. The van der Waals surface area contributed by atoms with E-state index in [1.807, 2.05) is 17.9 Å². The molecule has 2 amide bonds. The molecular formula is C15H18N4OS. The Kier molecular flexibility index (Phi) is 4.15. The van der Waals surface area contributed by atoms with Gasteiger partial charge in [-0.05, 0) is 25.3 Å². The first-order valence-corrected chi connectivity index (χ1v) is 7.91. The predicted molar refractivity (Wildman–Crippen MR) is 83.7 cm³/mol. The van der Waals surface area contributed by atoms with Crippen molar-refractivity contribution in [3.05, 3.63) is 41.7 Å². The maximum atomic E-state index is 12.3. The number of carbonyl (C=O) groups excluding carboxylic acids is 1. The van der Waals surface area contributed by atoms with Crippen molar-refractivity contribution in [2.75, 3.05) is 18.4 Å². The van der Waals surface area contributed by atoms with Crippen LogP contribution in [-0.2, 0) is 0 Å². The smallest absolute Gasteiger partial charge is 0.323 e. The third kappa shape index (κ3) is 3.39. The van der Waals surface area contributed by atoms with E-state index in [2.05, 4.69) is 38.9 Å². The van der Waals surface area contributed by atoms with Gasteiger partial charge in [0.1, 0.15) is 5.82 Å². The molecule has 21 heavy (non-hydrogen) atoms. The van der Waals surface area contributed by atoms with Gasteiger partial charge < -0.3 is 4.90 Å². The van der Waals surface area contributed by atoms with Crippen LogP contribution in [0, 0.1) is 6.92 Å². The molecule has 110 valence electrons. The first kappa shape index (κ1) is 14.0. The van der Waals surface area contributed by atoms with Crippen LogP contribution in [0.3, 0.4) is 0 Å². The molecule has 5 nitrogen and oxygen atoms in total. The molecular weight excluding hydrogens is 284 g/mol. The van der Waals surface area contributed by atoms with Gasteiger partial charge >= 0.3 is 6.03 Å². The molecule has 0 radical (unpaired) electrons. The minimum atomic E-state index is -0.0771. The first-order chi connectivity index (χ1) is 10.2. The summed E-state index contributed by atoms with van der Waals surface area (Å²) in [6.07, 6.45) is 2.16. The van der Waals surface area contributed by atoms with E-state index in [1.54, 1.807) is 0 Å². The number of hydrogen-bond donors (Lipinski definition) is 1. The third-order valence-corrected chi connectivity index (χ3v) is 4.44. The fourth-order valence-corrected chi connectivity index (χ4v) is 3.24. The van der Waals surface area contributed by atoms with Gasteiger partial charge in [-0.15, -0.1) is 0 Å². The van der Waals surface area contributed by atoms with Crippen LogP contribution in [-0.4, -0.2) is 33.4 Å². The van der Waals surface area contributed by atoms with E-state index in [9.17, 15) is 4.79 Å². The second-order valence-electron chi connectivity index (χ2n) is 5.27. The molecule has 0 aliphatic carbocycles. The minimum Gasteiger partial charge on any atom is -0.324 e. The number of anilines is 1. The van der Waals surface area contributed by atoms with Crippen LogP contribution in [0.5, 0.6) is 0 Å². The molecule has 2 heterocycles. The number of urea groups is 1. The monoisotopic (exact) mass is 302 g/mol. The summed E-state index contributed by atoms with van der Waals surface area (Å²) in [4.78, 5) is 18.4. The van der Waals surface area contributed by atoms with Gasteiger partial charge in [-0.2, -0.15) is 4.37 Å². The van der Waals surface area contributed by atoms with E-state index in [0.29, 0.717) is 16.9 Å². The fourth-order valence-electron chi connectivity index (χ4n) is 2.68. The number of aromatic nitrogens is 2. The lowest BCUT2D eigenvalue weighted by Crippen LogP contribution is -2.41. The van der Waals surface area contributed by atoms with E-state index in [1.165, 1.54) is 17.1 Å². The summed E-state index contributed by atoms with van der Waals surface area (Å²) < 4.78 is 4.07. The maximum absolute atomic E-state index is 12.3. The number of carbonyl (C=O) groups is 1. The van der Waals surface area contributed by atoms with Gasteiger partial charge in [0, 0.05) is 30.5 Å². The molecule has 1 N–H and O–H groups in total. The Labute approximate surface area is 128 Å². The Hall–Kier alpha value is -1.95. The van der Waals surface area contributed by atoms with Gasteiger partial charge in [0.25, 0.3) is 0 Å². The molecule has 1 unspecified atom stereocenters. The summed E-state index contributed by atoms with van der Waals surface area (Å²) >= 11 is 1.22. The fraction of sp³-hybridized carbons (Fsp3) is 0.400. The van der Waals surface area contributed by atoms with E-state index >= 15 is 0 Å². The normalized spacial score (nSPS) is 18.5. The number of piperidine rings is 1. The molecule has 1 aliphatic heterocycles. The summed E-state index contributed by atoms with van der Waals surface area (Å²) in [5.41, 5.74) is 1.31. The van der Waals surface area contributed by atoms with Crippen LogP contribution in [0.4, 0.5) is 9.93 Å². The van der Waals surface area contributed by atoms with Gasteiger partial charge in [0.05, 0.1) is 0 Å². The summed E-state index contributed by atoms with van der Waals surface area (Å²) in [7, 11) is 0. The molecule has 3 rings (SSSR count). The quantitative estimate of drug-likeness (QED) is 0.926. The van der Waals surface area contributed by atoms with E-state index in [-0.39, 0.29) is 6.03 Å². The van der Waals surface area contributed by atoms with Crippen molar-refractivity contribution in [3.8, 4) is 0 Å². The Balaban J connectivity index is 1.64. The summed E-state index contributed by atoms with van der Waals surface area (Å²) in [5, 5.41) is 3.41.